The Morgan fingerprint density at radius 1 is 1.17 bits per heavy atom. The van der Waals surface area contributed by atoms with E-state index in [9.17, 15) is 9.59 Å². The van der Waals surface area contributed by atoms with Gasteiger partial charge in [-0.25, -0.2) is 0 Å². The summed E-state index contributed by atoms with van der Waals surface area (Å²) in [6.07, 6.45) is 5.38. The molecule has 2 fully saturated rings. The minimum atomic E-state index is -0.496. The minimum absolute atomic E-state index is 0.0741. The molecule has 2 aromatic rings. The van der Waals surface area contributed by atoms with E-state index in [0.717, 1.165) is 18.4 Å². The molecule has 1 aromatic carbocycles. The summed E-state index contributed by atoms with van der Waals surface area (Å²) in [5, 5.41) is 0. The van der Waals surface area contributed by atoms with Crippen molar-refractivity contribution < 1.29 is 23.5 Å². The number of hydrogen-bond acceptors (Lipinski definition) is 5. The highest BCUT2D eigenvalue weighted by Gasteiger charge is 2.49. The smallest absolute Gasteiger partial charge is 0.257 e. The maximum Gasteiger partial charge on any atom is 0.257 e. The first-order valence-electron chi connectivity index (χ1n) is 9.89. The van der Waals surface area contributed by atoms with Crippen molar-refractivity contribution in [3.8, 4) is 11.5 Å². The Bertz CT molecular complexity index is 895. The van der Waals surface area contributed by atoms with Crippen LogP contribution in [0, 0.1) is 5.41 Å². The first-order valence-corrected chi connectivity index (χ1v) is 9.89. The number of nitrogens with zero attached hydrogens (tertiary/aromatic N) is 2. The second-order valence-electron chi connectivity index (χ2n) is 7.75. The monoisotopic (exact) mass is 398 g/mol. The molecule has 154 valence electrons. The van der Waals surface area contributed by atoms with Crippen molar-refractivity contribution in [1.29, 1.82) is 0 Å². The lowest BCUT2D eigenvalue weighted by Gasteiger charge is -2.39. The highest BCUT2D eigenvalue weighted by molar-refractivity contribution is 5.95. The number of piperidine rings is 1. The second-order valence-corrected chi connectivity index (χ2v) is 7.75. The van der Waals surface area contributed by atoms with Crippen molar-refractivity contribution in [1.82, 2.24) is 9.80 Å². The normalized spacial score (nSPS) is 21.7. The Morgan fingerprint density at radius 2 is 2.03 bits per heavy atom. The van der Waals surface area contributed by atoms with Gasteiger partial charge in [-0.2, -0.15) is 0 Å². The number of para-hydroxylation sites is 1. The predicted molar refractivity (Wildman–Crippen MR) is 106 cm³/mol. The van der Waals surface area contributed by atoms with E-state index in [2.05, 4.69) is 0 Å². The van der Waals surface area contributed by atoms with Gasteiger partial charge in [-0.15, -0.1) is 0 Å². The summed E-state index contributed by atoms with van der Waals surface area (Å²) < 4.78 is 15.9. The number of hydrogen-bond donors (Lipinski definition) is 0. The standard InChI is InChI=1S/C22H26N2O5/c1-27-18-6-3-5-16(19(18)28-2)13-23-10-4-8-22(21(23)26)9-11-24(15-22)20(25)17-7-12-29-14-17/h3,5-7,12,14H,4,8-11,13,15H2,1-2H3. The van der Waals surface area contributed by atoms with Crippen LogP contribution in [-0.2, 0) is 11.3 Å². The predicted octanol–water partition coefficient (Wildman–Crippen LogP) is 2.95. The number of carbonyl (C=O) groups is 2. The molecule has 4 rings (SSSR count). The van der Waals surface area contributed by atoms with E-state index in [1.54, 1.807) is 25.2 Å². The van der Waals surface area contributed by atoms with Crippen molar-refractivity contribution in [2.45, 2.75) is 25.8 Å². The van der Waals surface area contributed by atoms with Gasteiger partial charge in [0.05, 0.1) is 31.5 Å². The Kier molecular flexibility index (Phi) is 5.22. The lowest BCUT2D eigenvalue weighted by molar-refractivity contribution is -0.146. The summed E-state index contributed by atoms with van der Waals surface area (Å²) in [5.74, 6) is 1.36. The van der Waals surface area contributed by atoms with Crippen molar-refractivity contribution in [2.75, 3.05) is 33.9 Å². The van der Waals surface area contributed by atoms with Crippen LogP contribution in [0.15, 0.2) is 41.2 Å². The summed E-state index contributed by atoms with van der Waals surface area (Å²) in [4.78, 5) is 29.8. The largest absolute Gasteiger partial charge is 0.493 e. The molecular formula is C22H26N2O5. The number of methoxy groups -OCH3 is 2. The molecule has 0 N–H and O–H groups in total. The fraction of sp³-hybridized carbons (Fsp3) is 0.455. The summed E-state index contributed by atoms with van der Waals surface area (Å²) >= 11 is 0. The zero-order chi connectivity index (χ0) is 20.4. The molecule has 7 nitrogen and oxygen atoms in total. The van der Waals surface area contributed by atoms with E-state index in [4.69, 9.17) is 13.9 Å². The number of carbonyl (C=O) groups excluding carboxylic acids is 2. The molecular weight excluding hydrogens is 372 g/mol. The quantitative estimate of drug-likeness (QED) is 0.774. The van der Waals surface area contributed by atoms with Crippen LogP contribution in [0.25, 0.3) is 0 Å². The third kappa shape index (κ3) is 3.45. The Labute approximate surface area is 170 Å². The summed E-state index contributed by atoms with van der Waals surface area (Å²) in [6, 6.07) is 7.37. The average Bonchev–Trinajstić information content (AvgIpc) is 3.42. The number of ether oxygens (including phenoxy) is 2. The summed E-state index contributed by atoms with van der Waals surface area (Å²) in [5.41, 5.74) is 0.953. The van der Waals surface area contributed by atoms with Gasteiger partial charge in [-0.3, -0.25) is 9.59 Å². The van der Waals surface area contributed by atoms with Crippen LogP contribution in [0.4, 0.5) is 0 Å². The molecule has 2 saturated heterocycles. The lowest BCUT2D eigenvalue weighted by atomic mass is 9.78. The second kappa shape index (κ2) is 7.81. The molecule has 1 aromatic heterocycles. The van der Waals surface area contributed by atoms with Crippen molar-refractivity contribution in [3.63, 3.8) is 0 Å². The molecule has 0 saturated carbocycles. The molecule has 1 spiro atoms. The molecule has 0 bridgehead atoms. The van der Waals surface area contributed by atoms with E-state index in [0.29, 0.717) is 49.7 Å². The van der Waals surface area contributed by atoms with Crippen LogP contribution in [0.1, 0.15) is 35.2 Å². The fourth-order valence-corrected chi connectivity index (χ4v) is 4.58. The van der Waals surface area contributed by atoms with Crippen LogP contribution in [0.5, 0.6) is 11.5 Å². The topological polar surface area (TPSA) is 72.2 Å². The molecule has 0 aliphatic carbocycles. The maximum absolute atomic E-state index is 13.5. The van der Waals surface area contributed by atoms with E-state index in [1.807, 2.05) is 23.1 Å². The van der Waals surface area contributed by atoms with Crippen LogP contribution >= 0.6 is 0 Å². The van der Waals surface area contributed by atoms with Gasteiger partial charge in [-0.05, 0) is 31.4 Å². The third-order valence-corrected chi connectivity index (χ3v) is 6.08. The van der Waals surface area contributed by atoms with Crippen LogP contribution in [0.2, 0.25) is 0 Å². The number of benzene rings is 1. The fourth-order valence-electron chi connectivity index (χ4n) is 4.58. The Balaban J connectivity index is 1.51. The number of furan rings is 1. The number of amides is 2. The Hall–Kier alpha value is -2.96. The highest BCUT2D eigenvalue weighted by Crippen LogP contribution is 2.41. The average molecular weight is 398 g/mol. The van der Waals surface area contributed by atoms with Gasteiger partial charge < -0.3 is 23.7 Å². The highest BCUT2D eigenvalue weighted by atomic mass is 16.5. The Morgan fingerprint density at radius 3 is 2.76 bits per heavy atom. The molecule has 3 heterocycles. The molecule has 7 heteroatoms. The zero-order valence-electron chi connectivity index (χ0n) is 16.8. The molecule has 1 unspecified atom stereocenters. The zero-order valence-corrected chi connectivity index (χ0v) is 16.8. The lowest BCUT2D eigenvalue weighted by Crippen LogP contribution is -2.50. The van der Waals surface area contributed by atoms with Crippen molar-refractivity contribution in [3.05, 3.63) is 47.9 Å². The van der Waals surface area contributed by atoms with E-state index >= 15 is 0 Å². The first-order chi connectivity index (χ1) is 14.1. The van der Waals surface area contributed by atoms with Crippen LogP contribution in [-0.4, -0.2) is 55.5 Å². The number of rotatable bonds is 5. The van der Waals surface area contributed by atoms with Gasteiger partial charge in [0.1, 0.15) is 6.26 Å². The SMILES string of the molecule is COc1cccc(CN2CCCC3(CCN(C(=O)c4ccoc4)C3)C2=O)c1OC. The van der Waals surface area contributed by atoms with Crippen LogP contribution < -0.4 is 9.47 Å². The van der Waals surface area contributed by atoms with Gasteiger partial charge in [0.2, 0.25) is 5.91 Å². The molecule has 1 atom stereocenters. The summed E-state index contributed by atoms with van der Waals surface area (Å²) in [6.45, 7) is 2.22. The van der Waals surface area contributed by atoms with E-state index < -0.39 is 5.41 Å². The van der Waals surface area contributed by atoms with Gasteiger partial charge >= 0.3 is 0 Å². The van der Waals surface area contributed by atoms with Crippen molar-refractivity contribution in [2.24, 2.45) is 5.41 Å². The number of likely N-dealkylation sites (tertiary alicyclic amines) is 2. The van der Waals surface area contributed by atoms with E-state index in [-0.39, 0.29) is 11.8 Å². The molecule has 0 radical (unpaired) electrons. The maximum atomic E-state index is 13.5. The minimum Gasteiger partial charge on any atom is -0.493 e. The van der Waals surface area contributed by atoms with E-state index in [1.165, 1.54) is 12.5 Å². The molecule has 2 amide bonds. The molecule has 2 aliphatic heterocycles. The van der Waals surface area contributed by atoms with Gasteiger partial charge in [0, 0.05) is 31.7 Å². The van der Waals surface area contributed by atoms with Gasteiger partial charge in [0.15, 0.2) is 11.5 Å². The third-order valence-electron chi connectivity index (χ3n) is 6.08. The molecule has 29 heavy (non-hydrogen) atoms. The van der Waals surface area contributed by atoms with Crippen LogP contribution in [0.3, 0.4) is 0 Å². The summed E-state index contributed by atoms with van der Waals surface area (Å²) in [7, 11) is 3.21. The van der Waals surface area contributed by atoms with Gasteiger partial charge in [-0.1, -0.05) is 12.1 Å². The molecule has 2 aliphatic rings. The first kappa shape index (κ1) is 19.4. The van der Waals surface area contributed by atoms with Crippen molar-refractivity contribution >= 4 is 11.8 Å². The van der Waals surface area contributed by atoms with Gasteiger partial charge in [0.25, 0.3) is 5.91 Å².